The third-order valence-electron chi connectivity index (χ3n) is 2.57. The Morgan fingerprint density at radius 2 is 2.13 bits per heavy atom. The Balaban J connectivity index is 2.53. The van der Waals surface area contributed by atoms with Gasteiger partial charge in [0.1, 0.15) is 11.7 Å². The van der Waals surface area contributed by atoms with Gasteiger partial charge in [-0.15, -0.1) is 0 Å². The molecule has 1 aliphatic rings. The lowest BCUT2D eigenvalue weighted by Gasteiger charge is -2.31. The Hall–Kier alpha value is -1.16. The van der Waals surface area contributed by atoms with E-state index in [1.165, 1.54) is 6.20 Å². The maximum Gasteiger partial charge on any atom is 0.140 e. The first kappa shape index (κ1) is 11.9. The second-order valence-corrected chi connectivity index (χ2v) is 3.72. The third kappa shape index (κ3) is 3.83. The maximum absolute atomic E-state index is 12.7. The van der Waals surface area contributed by atoms with Crippen molar-refractivity contribution in [2.24, 2.45) is 10.7 Å². The Bertz CT molecular complexity index is 276. The highest BCUT2D eigenvalue weighted by Crippen LogP contribution is 2.09. The van der Waals surface area contributed by atoms with Crippen LogP contribution < -0.4 is 5.73 Å². The quantitative estimate of drug-likeness (QED) is 0.430. The Morgan fingerprint density at radius 3 is 2.67 bits per heavy atom. The summed E-state index contributed by atoms with van der Waals surface area (Å²) in [4.78, 5) is 6.16. The summed E-state index contributed by atoms with van der Waals surface area (Å²) < 4.78 is 12.7. The van der Waals surface area contributed by atoms with Crippen LogP contribution in [0.15, 0.2) is 29.7 Å². The summed E-state index contributed by atoms with van der Waals surface area (Å²) in [6, 6.07) is 0.300. The zero-order chi connectivity index (χ0) is 11.3. The molecule has 0 amide bonds. The summed E-state index contributed by atoms with van der Waals surface area (Å²) in [6.45, 7) is 7.00. The van der Waals surface area contributed by atoms with Gasteiger partial charge in [-0.3, -0.25) is 0 Å². The number of amidine groups is 1. The average Bonchev–Trinajstić information content (AvgIpc) is 2.26. The molecule has 0 aromatic heterocycles. The predicted octanol–water partition coefficient (Wildman–Crippen LogP) is 1.82. The van der Waals surface area contributed by atoms with Gasteiger partial charge in [0.15, 0.2) is 0 Å². The molecule has 3 nitrogen and oxygen atoms in total. The molecule has 0 aliphatic carbocycles. The highest BCUT2D eigenvalue weighted by Gasteiger charge is 2.16. The van der Waals surface area contributed by atoms with Crippen LogP contribution in [-0.4, -0.2) is 29.9 Å². The van der Waals surface area contributed by atoms with Gasteiger partial charge in [-0.2, -0.15) is 0 Å². The van der Waals surface area contributed by atoms with E-state index in [9.17, 15) is 4.39 Å². The summed E-state index contributed by atoms with van der Waals surface area (Å²) in [5.74, 6) is 0.418. The minimum absolute atomic E-state index is 0.300. The number of aliphatic imine (C=N–C) groups is 1. The summed E-state index contributed by atoms with van der Waals surface area (Å²) in [5, 5.41) is 0. The molecule has 0 saturated carbocycles. The first-order valence-electron chi connectivity index (χ1n) is 5.16. The van der Waals surface area contributed by atoms with E-state index in [-0.39, 0.29) is 0 Å². The molecule has 1 rings (SSSR count). The van der Waals surface area contributed by atoms with Crippen molar-refractivity contribution in [1.82, 2.24) is 4.90 Å². The van der Waals surface area contributed by atoms with E-state index in [0.29, 0.717) is 6.04 Å². The van der Waals surface area contributed by atoms with Crippen molar-refractivity contribution in [3.8, 4) is 0 Å². The second-order valence-electron chi connectivity index (χ2n) is 3.72. The van der Waals surface area contributed by atoms with Crippen LogP contribution in [0.4, 0.5) is 4.39 Å². The minimum atomic E-state index is -0.414. The van der Waals surface area contributed by atoms with Crippen LogP contribution in [0.3, 0.4) is 0 Å². The second kappa shape index (κ2) is 5.66. The van der Waals surface area contributed by atoms with Gasteiger partial charge < -0.3 is 10.6 Å². The minimum Gasteiger partial charge on any atom is -0.360 e. The number of likely N-dealkylation sites (tertiary alicyclic amines) is 1. The first-order valence-corrected chi connectivity index (χ1v) is 5.16. The molecule has 84 valence electrons. The normalized spacial score (nSPS) is 20.6. The van der Waals surface area contributed by atoms with Crippen molar-refractivity contribution >= 4 is 5.84 Å². The number of nitrogens with two attached hydrogens (primary N) is 1. The number of halogens is 1. The predicted molar refractivity (Wildman–Crippen MR) is 61.3 cm³/mol. The zero-order valence-electron chi connectivity index (χ0n) is 9.12. The lowest BCUT2D eigenvalue weighted by atomic mass is 10.1. The number of hydrogen-bond acceptors (Lipinski definition) is 2. The molecule has 1 saturated heterocycles. The van der Waals surface area contributed by atoms with Gasteiger partial charge in [0.05, 0.1) is 6.20 Å². The summed E-state index contributed by atoms with van der Waals surface area (Å²) in [6.07, 6.45) is 4.28. The molecular formula is C11H18FN3. The van der Waals surface area contributed by atoms with E-state index in [0.717, 1.165) is 37.8 Å². The fourth-order valence-electron chi connectivity index (χ4n) is 1.51. The molecule has 15 heavy (non-hydrogen) atoms. The number of rotatable bonds is 2. The molecular weight excluding hydrogens is 193 g/mol. The topological polar surface area (TPSA) is 41.6 Å². The Morgan fingerprint density at radius 1 is 1.53 bits per heavy atom. The highest BCUT2D eigenvalue weighted by atomic mass is 19.1. The van der Waals surface area contributed by atoms with E-state index in [1.54, 1.807) is 0 Å². The fourth-order valence-corrected chi connectivity index (χ4v) is 1.51. The molecule has 0 unspecified atom stereocenters. The molecule has 0 aromatic carbocycles. The first-order chi connectivity index (χ1) is 7.13. The van der Waals surface area contributed by atoms with E-state index in [1.807, 2.05) is 6.92 Å². The van der Waals surface area contributed by atoms with Crippen LogP contribution in [-0.2, 0) is 0 Å². The molecule has 0 bridgehead atoms. The Kier molecular flexibility index (Phi) is 4.49. The van der Waals surface area contributed by atoms with Gasteiger partial charge in [0, 0.05) is 19.1 Å². The van der Waals surface area contributed by atoms with E-state index >= 15 is 0 Å². The van der Waals surface area contributed by atoms with Gasteiger partial charge in [-0.25, -0.2) is 9.38 Å². The van der Waals surface area contributed by atoms with Crippen LogP contribution >= 0.6 is 0 Å². The van der Waals surface area contributed by atoms with Crippen molar-refractivity contribution < 1.29 is 4.39 Å². The maximum atomic E-state index is 12.7. The van der Waals surface area contributed by atoms with Gasteiger partial charge in [0.25, 0.3) is 0 Å². The van der Waals surface area contributed by atoms with Gasteiger partial charge >= 0.3 is 0 Å². The van der Waals surface area contributed by atoms with E-state index in [4.69, 9.17) is 5.73 Å². The number of hydrogen-bond donors (Lipinski definition) is 1. The van der Waals surface area contributed by atoms with Crippen molar-refractivity contribution in [2.75, 3.05) is 13.1 Å². The standard InChI is InChI=1S/C11H18FN3/c1-3-10(12)8-14-9(2)15-6-4-11(13)5-7-15/h3,8,11H,1,4-7,13H2,2H3/b10-8+,14-9?. The van der Waals surface area contributed by atoms with E-state index < -0.39 is 5.83 Å². The monoisotopic (exact) mass is 211 g/mol. The van der Waals surface area contributed by atoms with Crippen LogP contribution in [0.2, 0.25) is 0 Å². The van der Waals surface area contributed by atoms with Crippen molar-refractivity contribution in [2.45, 2.75) is 25.8 Å². The van der Waals surface area contributed by atoms with Crippen LogP contribution in [0.5, 0.6) is 0 Å². The molecule has 1 aliphatic heterocycles. The third-order valence-corrected chi connectivity index (χ3v) is 2.57. The fraction of sp³-hybridized carbons (Fsp3) is 0.545. The van der Waals surface area contributed by atoms with Gasteiger partial charge in [-0.05, 0) is 25.8 Å². The summed E-state index contributed by atoms with van der Waals surface area (Å²) >= 11 is 0. The van der Waals surface area contributed by atoms with Crippen molar-refractivity contribution in [1.29, 1.82) is 0 Å². The van der Waals surface area contributed by atoms with Crippen molar-refractivity contribution in [3.05, 3.63) is 24.7 Å². The lowest BCUT2D eigenvalue weighted by Crippen LogP contribution is -2.41. The number of allylic oxidation sites excluding steroid dienone is 2. The number of nitrogens with zero attached hydrogens (tertiary/aromatic N) is 2. The molecule has 1 fully saturated rings. The number of piperidine rings is 1. The smallest absolute Gasteiger partial charge is 0.140 e. The van der Waals surface area contributed by atoms with Gasteiger partial charge in [0.2, 0.25) is 0 Å². The molecule has 0 spiro atoms. The average molecular weight is 211 g/mol. The highest BCUT2D eigenvalue weighted by molar-refractivity contribution is 5.80. The lowest BCUT2D eigenvalue weighted by molar-refractivity contribution is 0.312. The SMILES string of the molecule is C=C/C(F)=C\N=C(C)N1CCC(N)CC1. The van der Waals surface area contributed by atoms with E-state index in [2.05, 4.69) is 16.5 Å². The molecule has 4 heteroatoms. The molecule has 0 radical (unpaired) electrons. The molecule has 2 N–H and O–H groups in total. The molecule has 1 heterocycles. The largest absolute Gasteiger partial charge is 0.360 e. The Labute approximate surface area is 90.2 Å². The van der Waals surface area contributed by atoms with Gasteiger partial charge in [-0.1, -0.05) is 6.58 Å². The summed E-state index contributed by atoms with van der Waals surface area (Å²) in [7, 11) is 0. The molecule has 0 atom stereocenters. The van der Waals surface area contributed by atoms with Crippen LogP contribution in [0.25, 0.3) is 0 Å². The zero-order valence-corrected chi connectivity index (χ0v) is 9.12. The van der Waals surface area contributed by atoms with Crippen molar-refractivity contribution in [3.63, 3.8) is 0 Å². The van der Waals surface area contributed by atoms with Crippen LogP contribution in [0, 0.1) is 0 Å². The summed E-state index contributed by atoms with van der Waals surface area (Å²) in [5.41, 5.74) is 5.79. The van der Waals surface area contributed by atoms with Crippen LogP contribution in [0.1, 0.15) is 19.8 Å². The molecule has 0 aromatic rings.